The van der Waals surface area contributed by atoms with E-state index in [-0.39, 0.29) is 5.56 Å². The Morgan fingerprint density at radius 1 is 1.35 bits per heavy atom. The minimum atomic E-state index is -1.57. The number of rotatable bonds is 3. The highest BCUT2D eigenvalue weighted by Crippen LogP contribution is 2.29. The van der Waals surface area contributed by atoms with Crippen molar-refractivity contribution in [2.75, 3.05) is 6.54 Å². The third-order valence-electron chi connectivity index (χ3n) is 3.09. The molecule has 4 amide bonds. The summed E-state index contributed by atoms with van der Waals surface area (Å²) in [6.45, 7) is 0.755. The van der Waals surface area contributed by atoms with E-state index < -0.39 is 41.6 Å². The van der Waals surface area contributed by atoms with Crippen molar-refractivity contribution < 1.29 is 23.2 Å². The molecule has 0 radical (unpaired) electrons. The molecule has 0 unspecified atom stereocenters. The number of hydrogen-bond acceptors (Lipinski definition) is 3. The molecule has 1 aliphatic heterocycles. The standard InChI is InChI=1S/C12H11F2N3O3/c1-12(6-2-3-7(13)8(14)4-6)10(19)17(5-9(15)18)11(20)16-12/h2-4H,5H2,1H3,(H2,15,18)(H,16,20)/t12-/m0/s1. The Balaban J connectivity index is 2.40. The van der Waals surface area contributed by atoms with Crippen molar-refractivity contribution in [2.24, 2.45) is 5.73 Å². The van der Waals surface area contributed by atoms with Gasteiger partial charge in [-0.1, -0.05) is 6.07 Å². The summed E-state index contributed by atoms with van der Waals surface area (Å²) < 4.78 is 26.2. The molecule has 1 heterocycles. The summed E-state index contributed by atoms with van der Waals surface area (Å²) >= 11 is 0. The van der Waals surface area contributed by atoms with Gasteiger partial charge in [0.2, 0.25) is 5.91 Å². The normalized spacial score (nSPS) is 22.1. The molecule has 6 nitrogen and oxygen atoms in total. The van der Waals surface area contributed by atoms with Crippen LogP contribution in [-0.2, 0) is 15.1 Å². The van der Waals surface area contributed by atoms with Crippen LogP contribution in [0.4, 0.5) is 13.6 Å². The van der Waals surface area contributed by atoms with Crippen molar-refractivity contribution in [1.29, 1.82) is 0 Å². The van der Waals surface area contributed by atoms with Crippen molar-refractivity contribution in [2.45, 2.75) is 12.5 Å². The van der Waals surface area contributed by atoms with Crippen molar-refractivity contribution in [3.05, 3.63) is 35.4 Å². The highest BCUT2D eigenvalue weighted by atomic mass is 19.2. The van der Waals surface area contributed by atoms with Crippen molar-refractivity contribution in [3.8, 4) is 0 Å². The second-order valence-electron chi connectivity index (χ2n) is 4.54. The molecular formula is C12H11F2N3O3. The van der Waals surface area contributed by atoms with Gasteiger partial charge in [-0.2, -0.15) is 0 Å². The fourth-order valence-corrected chi connectivity index (χ4v) is 2.00. The molecule has 0 bridgehead atoms. The van der Waals surface area contributed by atoms with Gasteiger partial charge in [0.1, 0.15) is 12.1 Å². The molecule has 106 valence electrons. The molecule has 1 atom stereocenters. The topological polar surface area (TPSA) is 92.5 Å². The first-order valence-corrected chi connectivity index (χ1v) is 5.63. The van der Waals surface area contributed by atoms with Crippen LogP contribution in [0.2, 0.25) is 0 Å². The quantitative estimate of drug-likeness (QED) is 0.777. The lowest BCUT2D eigenvalue weighted by molar-refractivity contribution is -0.134. The maximum Gasteiger partial charge on any atom is 0.325 e. The summed E-state index contributed by atoms with van der Waals surface area (Å²) in [5.41, 5.74) is 3.45. The van der Waals surface area contributed by atoms with Crippen LogP contribution in [-0.4, -0.2) is 29.3 Å². The number of nitrogens with two attached hydrogens (primary N) is 1. The van der Waals surface area contributed by atoms with E-state index in [1.807, 2.05) is 0 Å². The Morgan fingerprint density at radius 3 is 2.55 bits per heavy atom. The Kier molecular flexibility index (Phi) is 3.16. The van der Waals surface area contributed by atoms with Crippen molar-refractivity contribution >= 4 is 17.8 Å². The molecular weight excluding hydrogens is 272 g/mol. The fraction of sp³-hybridized carbons (Fsp3) is 0.250. The summed E-state index contributed by atoms with van der Waals surface area (Å²) in [7, 11) is 0. The molecule has 0 saturated carbocycles. The van der Waals surface area contributed by atoms with Gasteiger partial charge >= 0.3 is 6.03 Å². The zero-order chi connectivity index (χ0) is 15.1. The molecule has 0 aromatic heterocycles. The summed E-state index contributed by atoms with van der Waals surface area (Å²) in [5.74, 6) is -3.82. The van der Waals surface area contributed by atoms with Crippen LogP contribution in [0.15, 0.2) is 18.2 Å². The van der Waals surface area contributed by atoms with Gasteiger partial charge in [0.25, 0.3) is 5.91 Å². The number of carbonyl (C=O) groups is 3. The Labute approximate surface area is 112 Å². The van der Waals surface area contributed by atoms with E-state index in [4.69, 9.17) is 5.73 Å². The molecule has 3 N–H and O–H groups in total. The second kappa shape index (κ2) is 4.55. The summed E-state index contributed by atoms with van der Waals surface area (Å²) in [6.07, 6.45) is 0. The Bertz CT molecular complexity index is 620. The van der Waals surface area contributed by atoms with Gasteiger partial charge in [-0.3, -0.25) is 14.5 Å². The molecule has 20 heavy (non-hydrogen) atoms. The van der Waals surface area contributed by atoms with E-state index in [9.17, 15) is 23.2 Å². The van der Waals surface area contributed by atoms with Gasteiger partial charge in [-0.05, 0) is 24.6 Å². The van der Waals surface area contributed by atoms with Crippen LogP contribution in [0.5, 0.6) is 0 Å². The zero-order valence-corrected chi connectivity index (χ0v) is 10.4. The van der Waals surface area contributed by atoms with Gasteiger partial charge in [0, 0.05) is 0 Å². The number of nitrogens with one attached hydrogen (secondary N) is 1. The SMILES string of the molecule is C[C@@]1(c2ccc(F)c(F)c2)NC(=O)N(CC(N)=O)C1=O. The Hall–Kier alpha value is -2.51. The smallest absolute Gasteiger partial charge is 0.325 e. The van der Waals surface area contributed by atoms with Gasteiger partial charge in [-0.25, -0.2) is 13.6 Å². The minimum absolute atomic E-state index is 0.0710. The first-order valence-electron chi connectivity index (χ1n) is 5.63. The number of amides is 4. The Morgan fingerprint density at radius 2 is 2.00 bits per heavy atom. The van der Waals surface area contributed by atoms with Crippen LogP contribution >= 0.6 is 0 Å². The van der Waals surface area contributed by atoms with Gasteiger partial charge in [0.15, 0.2) is 11.6 Å². The third-order valence-corrected chi connectivity index (χ3v) is 3.09. The number of nitrogens with zero attached hydrogens (tertiary/aromatic N) is 1. The second-order valence-corrected chi connectivity index (χ2v) is 4.54. The summed E-state index contributed by atoms with van der Waals surface area (Å²) in [6, 6.07) is 2.04. The van der Waals surface area contributed by atoms with Gasteiger partial charge < -0.3 is 11.1 Å². The number of benzene rings is 1. The van der Waals surface area contributed by atoms with Crippen LogP contribution in [0.25, 0.3) is 0 Å². The third kappa shape index (κ3) is 2.09. The summed E-state index contributed by atoms with van der Waals surface area (Å²) in [5, 5.41) is 2.34. The molecule has 0 aliphatic carbocycles. The number of halogens is 2. The average Bonchev–Trinajstić information content (AvgIpc) is 2.57. The lowest BCUT2D eigenvalue weighted by Gasteiger charge is -2.22. The van der Waals surface area contributed by atoms with Crippen LogP contribution in [0.1, 0.15) is 12.5 Å². The molecule has 1 aromatic carbocycles. The first kappa shape index (κ1) is 13.9. The van der Waals surface area contributed by atoms with Crippen LogP contribution in [0, 0.1) is 11.6 Å². The van der Waals surface area contributed by atoms with Crippen LogP contribution < -0.4 is 11.1 Å². The zero-order valence-electron chi connectivity index (χ0n) is 10.4. The summed E-state index contributed by atoms with van der Waals surface area (Å²) in [4.78, 5) is 35.3. The number of urea groups is 1. The lowest BCUT2D eigenvalue weighted by atomic mass is 9.92. The lowest BCUT2D eigenvalue weighted by Crippen LogP contribution is -2.42. The predicted molar refractivity (Wildman–Crippen MR) is 63.1 cm³/mol. The van der Waals surface area contributed by atoms with E-state index in [1.54, 1.807) is 0 Å². The van der Waals surface area contributed by atoms with E-state index >= 15 is 0 Å². The van der Waals surface area contributed by atoms with Crippen LogP contribution in [0.3, 0.4) is 0 Å². The average molecular weight is 283 g/mol. The molecule has 0 spiro atoms. The van der Waals surface area contributed by atoms with Crippen molar-refractivity contribution in [1.82, 2.24) is 10.2 Å². The molecule has 1 aromatic rings. The maximum atomic E-state index is 13.2. The van der Waals surface area contributed by atoms with Crippen molar-refractivity contribution in [3.63, 3.8) is 0 Å². The highest BCUT2D eigenvalue weighted by molar-refractivity contribution is 6.09. The van der Waals surface area contributed by atoms with Gasteiger partial charge in [-0.15, -0.1) is 0 Å². The first-order chi connectivity index (χ1) is 9.25. The minimum Gasteiger partial charge on any atom is -0.368 e. The maximum absolute atomic E-state index is 13.2. The molecule has 1 fully saturated rings. The van der Waals surface area contributed by atoms with E-state index in [0.29, 0.717) is 4.90 Å². The fourth-order valence-electron chi connectivity index (χ4n) is 2.00. The number of carbonyl (C=O) groups excluding carboxylic acids is 3. The molecule has 1 saturated heterocycles. The number of hydrogen-bond donors (Lipinski definition) is 2. The number of primary amides is 1. The molecule has 1 aliphatic rings. The van der Waals surface area contributed by atoms with E-state index in [1.165, 1.54) is 13.0 Å². The molecule has 2 rings (SSSR count). The molecule has 8 heteroatoms. The van der Waals surface area contributed by atoms with E-state index in [2.05, 4.69) is 5.32 Å². The highest BCUT2D eigenvalue weighted by Gasteiger charge is 2.49. The number of imide groups is 1. The van der Waals surface area contributed by atoms with E-state index in [0.717, 1.165) is 12.1 Å². The van der Waals surface area contributed by atoms with Gasteiger partial charge in [0.05, 0.1) is 0 Å². The monoisotopic (exact) mass is 283 g/mol. The predicted octanol–water partition coefficient (Wildman–Crippen LogP) is 0.217. The largest absolute Gasteiger partial charge is 0.368 e.